The normalized spacial score (nSPS) is 18.8. The fourth-order valence-electron chi connectivity index (χ4n) is 1.97. The van der Waals surface area contributed by atoms with Crippen LogP contribution in [0.3, 0.4) is 0 Å². The van der Waals surface area contributed by atoms with Gasteiger partial charge in [-0.2, -0.15) is 0 Å². The van der Waals surface area contributed by atoms with Crippen molar-refractivity contribution in [1.29, 1.82) is 0 Å². The van der Waals surface area contributed by atoms with Crippen LogP contribution >= 0.6 is 11.6 Å². The predicted molar refractivity (Wildman–Crippen MR) is 69.8 cm³/mol. The summed E-state index contributed by atoms with van der Waals surface area (Å²) in [5, 5.41) is 3.28. The van der Waals surface area contributed by atoms with Crippen molar-refractivity contribution in [2.45, 2.75) is 12.5 Å². The van der Waals surface area contributed by atoms with Crippen LogP contribution in [0.2, 0.25) is 5.02 Å². The van der Waals surface area contributed by atoms with Crippen LogP contribution in [0.1, 0.15) is 6.42 Å². The van der Waals surface area contributed by atoms with Crippen LogP contribution in [0.4, 0.5) is 16.3 Å². The smallest absolute Gasteiger partial charge is 0.407 e. The lowest BCUT2D eigenvalue weighted by Crippen LogP contribution is -2.37. The number of ether oxygens (including phenoxy) is 1. The van der Waals surface area contributed by atoms with Gasteiger partial charge in [0.2, 0.25) is 0 Å². The Bertz CT molecular complexity index is 455. The highest BCUT2D eigenvalue weighted by molar-refractivity contribution is 6.33. The number of carbonyl (C=O) groups excluding carboxylic acids is 1. The first kappa shape index (κ1) is 12.8. The van der Waals surface area contributed by atoms with Crippen LogP contribution in [-0.4, -0.2) is 37.3 Å². The van der Waals surface area contributed by atoms with Crippen molar-refractivity contribution in [3.63, 3.8) is 0 Å². The van der Waals surface area contributed by atoms with Gasteiger partial charge in [-0.3, -0.25) is 0 Å². The van der Waals surface area contributed by atoms with E-state index in [4.69, 9.17) is 17.3 Å². The minimum atomic E-state index is -0.418. The Balaban J connectivity index is 2.02. The highest BCUT2D eigenvalue weighted by Gasteiger charge is 2.26. The summed E-state index contributed by atoms with van der Waals surface area (Å²) in [6.45, 7) is 1.44. The molecule has 1 aliphatic rings. The summed E-state index contributed by atoms with van der Waals surface area (Å²) in [6.07, 6.45) is 1.98. The molecule has 1 fully saturated rings. The first-order valence-electron chi connectivity index (χ1n) is 5.60. The highest BCUT2D eigenvalue weighted by atomic mass is 35.5. The molecule has 98 valence electrons. The van der Waals surface area contributed by atoms with E-state index in [-0.39, 0.29) is 6.04 Å². The second kappa shape index (κ2) is 5.30. The number of rotatable bonds is 2. The Morgan fingerprint density at radius 3 is 3.17 bits per heavy atom. The molecule has 0 spiro atoms. The minimum Gasteiger partial charge on any atom is -0.453 e. The number of nitrogens with zero attached hydrogens (tertiary/aromatic N) is 2. The largest absolute Gasteiger partial charge is 0.453 e. The van der Waals surface area contributed by atoms with Crippen LogP contribution in [0.15, 0.2) is 12.3 Å². The van der Waals surface area contributed by atoms with Gasteiger partial charge in [0.15, 0.2) is 0 Å². The number of alkyl carbamates (subject to hydrolysis) is 1. The number of nitrogens with two attached hydrogens (primary N) is 1. The van der Waals surface area contributed by atoms with Crippen LogP contribution in [0.25, 0.3) is 0 Å². The number of amides is 1. The molecular formula is C11H15ClN4O2. The van der Waals surface area contributed by atoms with Gasteiger partial charge in [-0.05, 0) is 12.5 Å². The second-order valence-electron chi connectivity index (χ2n) is 4.14. The maximum atomic E-state index is 11.1. The van der Waals surface area contributed by atoms with Gasteiger partial charge in [0.25, 0.3) is 0 Å². The van der Waals surface area contributed by atoms with Gasteiger partial charge in [0.05, 0.1) is 30.1 Å². The molecule has 3 N–H and O–H groups in total. The van der Waals surface area contributed by atoms with E-state index in [1.807, 2.05) is 4.90 Å². The molecule has 2 rings (SSSR count). The minimum absolute atomic E-state index is 0.0490. The zero-order chi connectivity index (χ0) is 13.1. The number of anilines is 2. The molecule has 0 aromatic carbocycles. The maximum absolute atomic E-state index is 11.1. The molecule has 6 nitrogen and oxygen atoms in total. The standard InChI is InChI=1S/C11H15ClN4O2/c1-18-11(17)15-8-2-3-16(6-8)10-9(12)4-7(13)5-14-10/h4-5,8H,2-3,6,13H2,1H3,(H,15,17). The van der Waals surface area contributed by atoms with E-state index in [1.54, 1.807) is 12.3 Å². The third kappa shape index (κ3) is 2.76. The highest BCUT2D eigenvalue weighted by Crippen LogP contribution is 2.27. The van der Waals surface area contributed by atoms with E-state index >= 15 is 0 Å². The lowest BCUT2D eigenvalue weighted by Gasteiger charge is -2.19. The molecule has 7 heteroatoms. The first-order valence-corrected chi connectivity index (χ1v) is 5.98. The lowest BCUT2D eigenvalue weighted by atomic mass is 10.3. The molecule has 1 saturated heterocycles. The molecule has 2 heterocycles. The average Bonchev–Trinajstić information content (AvgIpc) is 2.77. The molecule has 1 aromatic rings. The van der Waals surface area contributed by atoms with Crippen molar-refractivity contribution in [2.75, 3.05) is 30.8 Å². The molecule has 0 saturated carbocycles. The molecule has 0 aliphatic carbocycles. The number of halogens is 1. The van der Waals surface area contributed by atoms with Crippen molar-refractivity contribution in [2.24, 2.45) is 0 Å². The SMILES string of the molecule is COC(=O)NC1CCN(c2ncc(N)cc2Cl)C1. The van der Waals surface area contributed by atoms with E-state index in [0.29, 0.717) is 23.1 Å². The zero-order valence-electron chi connectivity index (χ0n) is 10.0. The number of pyridine rings is 1. The van der Waals surface area contributed by atoms with E-state index in [0.717, 1.165) is 13.0 Å². The summed E-state index contributed by atoms with van der Waals surface area (Å²) in [4.78, 5) is 17.3. The molecule has 1 aliphatic heterocycles. The van der Waals surface area contributed by atoms with E-state index < -0.39 is 6.09 Å². The summed E-state index contributed by atoms with van der Waals surface area (Å²) in [5.74, 6) is 0.694. The summed E-state index contributed by atoms with van der Waals surface area (Å²) < 4.78 is 4.57. The predicted octanol–water partition coefficient (Wildman–Crippen LogP) is 1.25. The third-order valence-corrected chi connectivity index (χ3v) is 3.12. The molecular weight excluding hydrogens is 256 g/mol. The molecule has 18 heavy (non-hydrogen) atoms. The number of hydrogen-bond donors (Lipinski definition) is 2. The van der Waals surface area contributed by atoms with Gasteiger partial charge >= 0.3 is 6.09 Å². The third-order valence-electron chi connectivity index (χ3n) is 2.84. The van der Waals surface area contributed by atoms with Crippen molar-refractivity contribution in [1.82, 2.24) is 10.3 Å². The van der Waals surface area contributed by atoms with Gasteiger partial charge in [-0.15, -0.1) is 0 Å². The van der Waals surface area contributed by atoms with Crippen molar-refractivity contribution < 1.29 is 9.53 Å². The Hall–Kier alpha value is -1.69. The maximum Gasteiger partial charge on any atom is 0.407 e. The summed E-state index contributed by atoms with van der Waals surface area (Å²) in [6, 6.07) is 1.72. The van der Waals surface area contributed by atoms with Gasteiger partial charge in [-0.25, -0.2) is 9.78 Å². The van der Waals surface area contributed by atoms with E-state index in [2.05, 4.69) is 15.0 Å². The summed E-state index contributed by atoms with van der Waals surface area (Å²) in [5.41, 5.74) is 6.13. The number of hydrogen-bond acceptors (Lipinski definition) is 5. The first-order chi connectivity index (χ1) is 8.60. The lowest BCUT2D eigenvalue weighted by molar-refractivity contribution is 0.167. The Morgan fingerprint density at radius 1 is 1.72 bits per heavy atom. The number of nitrogen functional groups attached to an aromatic ring is 1. The van der Waals surface area contributed by atoms with Crippen LogP contribution in [0, 0.1) is 0 Å². The average molecular weight is 271 g/mol. The van der Waals surface area contributed by atoms with E-state index in [9.17, 15) is 4.79 Å². The Kier molecular flexibility index (Phi) is 3.76. The van der Waals surface area contributed by atoms with Crippen molar-refractivity contribution in [3.05, 3.63) is 17.3 Å². The van der Waals surface area contributed by atoms with Gasteiger partial charge in [-0.1, -0.05) is 11.6 Å². The monoisotopic (exact) mass is 270 g/mol. The van der Waals surface area contributed by atoms with E-state index in [1.165, 1.54) is 7.11 Å². The Morgan fingerprint density at radius 2 is 2.50 bits per heavy atom. The van der Waals surface area contributed by atoms with Gasteiger partial charge in [0.1, 0.15) is 5.82 Å². The summed E-state index contributed by atoms with van der Waals surface area (Å²) in [7, 11) is 1.35. The zero-order valence-corrected chi connectivity index (χ0v) is 10.8. The summed E-state index contributed by atoms with van der Waals surface area (Å²) >= 11 is 6.09. The molecule has 0 radical (unpaired) electrons. The van der Waals surface area contributed by atoms with Gasteiger partial charge < -0.3 is 20.7 Å². The number of nitrogens with one attached hydrogen (secondary N) is 1. The fourth-order valence-corrected chi connectivity index (χ4v) is 2.27. The molecule has 1 unspecified atom stereocenters. The topological polar surface area (TPSA) is 80.5 Å². The van der Waals surface area contributed by atoms with Gasteiger partial charge in [0, 0.05) is 13.1 Å². The molecule has 1 atom stereocenters. The number of methoxy groups -OCH3 is 1. The van der Waals surface area contributed by atoms with Crippen LogP contribution < -0.4 is 16.0 Å². The molecule has 1 amide bonds. The van der Waals surface area contributed by atoms with Crippen LogP contribution in [0.5, 0.6) is 0 Å². The fraction of sp³-hybridized carbons (Fsp3) is 0.455. The van der Waals surface area contributed by atoms with Crippen LogP contribution in [-0.2, 0) is 4.74 Å². The van der Waals surface area contributed by atoms with Crippen molar-refractivity contribution >= 4 is 29.2 Å². The Labute approximate surface area is 110 Å². The van der Waals surface area contributed by atoms with Crippen molar-refractivity contribution in [3.8, 4) is 0 Å². The second-order valence-corrected chi connectivity index (χ2v) is 4.55. The molecule has 0 bridgehead atoms. The molecule has 1 aromatic heterocycles. The number of carbonyl (C=O) groups is 1. The quantitative estimate of drug-likeness (QED) is 0.845. The number of aromatic nitrogens is 1.